The number of carbonyl (C=O) groups excluding carboxylic acids is 1. The van der Waals surface area contributed by atoms with Crippen molar-refractivity contribution < 1.29 is 41.0 Å². The van der Waals surface area contributed by atoms with Crippen LogP contribution in [-0.4, -0.2) is 42.7 Å². The molecule has 2 aliphatic rings. The van der Waals surface area contributed by atoms with Crippen molar-refractivity contribution in [2.75, 3.05) is 0 Å². The average Bonchev–Trinajstić information content (AvgIpc) is 3.18. The van der Waals surface area contributed by atoms with Crippen LogP contribution in [-0.2, 0) is 9.53 Å². The van der Waals surface area contributed by atoms with E-state index >= 15 is 0 Å². The molecule has 3 nitrogen and oxygen atoms in total. The molecule has 1 N–H and O–H groups in total. The molecular weight excluding hydrogens is 478 g/mol. The number of ether oxygens (including phenoxy) is 1. The van der Waals surface area contributed by atoms with E-state index in [9.17, 15) is 36.2 Å². The lowest BCUT2D eigenvalue weighted by Crippen LogP contribution is -2.56. The van der Waals surface area contributed by atoms with Crippen LogP contribution in [0.3, 0.4) is 0 Å². The fraction of sp³-hybridized carbons (Fsp3) is 0.958. The highest BCUT2D eigenvalue weighted by Crippen LogP contribution is 2.59. The third kappa shape index (κ3) is 6.50. The van der Waals surface area contributed by atoms with Gasteiger partial charge in [0.15, 0.2) is 0 Å². The van der Waals surface area contributed by atoms with E-state index in [-0.39, 0.29) is 35.7 Å². The molecule has 2 bridgehead atoms. The molecule has 34 heavy (non-hydrogen) atoms. The van der Waals surface area contributed by atoms with Gasteiger partial charge in [-0.1, -0.05) is 45.5 Å². The van der Waals surface area contributed by atoms with Gasteiger partial charge >= 0.3 is 18.3 Å². The van der Waals surface area contributed by atoms with Crippen LogP contribution >= 0.6 is 0 Å². The molecule has 2 saturated carbocycles. The number of alkyl halides is 6. The first-order valence-corrected chi connectivity index (χ1v) is 15.5. The van der Waals surface area contributed by atoms with E-state index in [1.807, 2.05) is 33.9 Å². The summed E-state index contributed by atoms with van der Waals surface area (Å²) in [5.74, 6) is 0.771. The summed E-state index contributed by atoms with van der Waals surface area (Å²) in [5, 5.41) is 9.43. The molecule has 4 unspecified atom stereocenters. The van der Waals surface area contributed by atoms with E-state index in [4.69, 9.17) is 4.74 Å². The maximum absolute atomic E-state index is 13.0. The van der Waals surface area contributed by atoms with Gasteiger partial charge in [0, 0.05) is 8.07 Å². The normalized spacial score (nSPS) is 26.8. The number of rotatable bonds is 8. The highest BCUT2D eigenvalue weighted by atomic mass is 28.3. The largest absolute Gasteiger partial charge is 0.460 e. The topological polar surface area (TPSA) is 46.5 Å². The number of aliphatic hydroxyl groups is 1. The summed E-state index contributed by atoms with van der Waals surface area (Å²) in [6, 6.07) is 1.04. The lowest BCUT2D eigenvalue weighted by Gasteiger charge is -2.43. The van der Waals surface area contributed by atoms with Crippen molar-refractivity contribution in [3.8, 4) is 0 Å². The van der Waals surface area contributed by atoms with Crippen molar-refractivity contribution in [1.29, 1.82) is 0 Å². The van der Waals surface area contributed by atoms with Crippen molar-refractivity contribution >= 4 is 14.0 Å². The Morgan fingerprint density at radius 2 is 1.44 bits per heavy atom. The minimum Gasteiger partial charge on any atom is -0.460 e. The van der Waals surface area contributed by atoms with Crippen LogP contribution in [0.4, 0.5) is 26.3 Å². The minimum atomic E-state index is -5.76. The third-order valence-corrected chi connectivity index (χ3v) is 11.4. The fourth-order valence-corrected chi connectivity index (χ4v) is 10.7. The summed E-state index contributed by atoms with van der Waals surface area (Å²) in [6.07, 6.45) is -10.6. The van der Waals surface area contributed by atoms with E-state index in [0.29, 0.717) is 11.8 Å². The standard InChI is InChI=1S/C24H40F6O3Si/c1-20(2,3)33-19(31)17-12-16-11-15(17)13-18(16)21(4,5)14-34(6,7)10-8-9-22(32,23(25,26)27)24(28,29)30/h15-18,32H,8-14H2,1-7H3. The summed E-state index contributed by atoms with van der Waals surface area (Å²) in [5.41, 5.74) is -5.32. The Morgan fingerprint density at radius 1 is 0.912 bits per heavy atom. The number of esters is 1. The fourth-order valence-electron chi connectivity index (χ4n) is 6.62. The van der Waals surface area contributed by atoms with Gasteiger partial charge in [-0.25, -0.2) is 0 Å². The van der Waals surface area contributed by atoms with Gasteiger partial charge < -0.3 is 9.84 Å². The molecule has 0 saturated heterocycles. The molecule has 2 fully saturated rings. The molecule has 0 aromatic heterocycles. The van der Waals surface area contributed by atoms with Crippen molar-refractivity contribution in [3.63, 3.8) is 0 Å². The molecule has 0 aromatic rings. The lowest BCUT2D eigenvalue weighted by molar-refractivity contribution is -0.369. The van der Waals surface area contributed by atoms with E-state index in [2.05, 4.69) is 13.8 Å². The second-order valence-corrected chi connectivity index (χ2v) is 18.2. The SMILES string of the molecule is CC(C)(C)OC(=O)C1CC2CC1CC2C(C)(C)C[Si](C)(C)CCCC(O)(C(F)(F)F)C(F)(F)F. The molecule has 0 aliphatic heterocycles. The van der Waals surface area contributed by atoms with Gasteiger partial charge in [0.05, 0.1) is 5.92 Å². The number of hydrogen-bond donors (Lipinski definition) is 1. The van der Waals surface area contributed by atoms with E-state index < -0.39 is 38.0 Å². The van der Waals surface area contributed by atoms with Crippen LogP contribution in [0.15, 0.2) is 0 Å². The Kier molecular flexibility index (Phi) is 8.03. The number of hydrogen-bond acceptors (Lipinski definition) is 3. The van der Waals surface area contributed by atoms with Gasteiger partial charge in [0.1, 0.15) is 5.60 Å². The van der Waals surface area contributed by atoms with Gasteiger partial charge in [-0.3, -0.25) is 4.79 Å². The first kappa shape index (κ1) is 29.5. The molecule has 4 atom stereocenters. The van der Waals surface area contributed by atoms with Crippen LogP contribution < -0.4 is 0 Å². The van der Waals surface area contributed by atoms with Crippen LogP contribution in [0, 0.1) is 29.1 Å². The van der Waals surface area contributed by atoms with Crippen LogP contribution in [0.2, 0.25) is 25.2 Å². The maximum atomic E-state index is 13.0. The molecule has 200 valence electrons. The van der Waals surface area contributed by atoms with E-state index in [1.54, 1.807) is 0 Å². The first-order valence-electron chi connectivity index (χ1n) is 12.1. The lowest BCUT2D eigenvalue weighted by atomic mass is 9.69. The Balaban J connectivity index is 1.97. The van der Waals surface area contributed by atoms with Crippen LogP contribution in [0.5, 0.6) is 0 Å². The minimum absolute atomic E-state index is 0.0936. The molecular formula is C24H40F6O3Si. The number of carbonyl (C=O) groups is 1. The average molecular weight is 519 g/mol. The van der Waals surface area contributed by atoms with Crippen LogP contribution in [0.1, 0.15) is 66.7 Å². The third-order valence-electron chi connectivity index (χ3n) is 7.83. The van der Waals surface area contributed by atoms with Crippen molar-refractivity contribution in [2.45, 2.75) is 115 Å². The van der Waals surface area contributed by atoms with Gasteiger partial charge in [0.2, 0.25) is 0 Å². The quantitative estimate of drug-likeness (QED) is 0.207. The highest BCUT2D eigenvalue weighted by molar-refractivity contribution is 6.77. The zero-order valence-electron chi connectivity index (χ0n) is 21.3. The van der Waals surface area contributed by atoms with Crippen molar-refractivity contribution in [1.82, 2.24) is 0 Å². The highest BCUT2D eigenvalue weighted by Gasteiger charge is 2.69. The number of fused-ring (bicyclic) bond motifs is 2. The zero-order valence-corrected chi connectivity index (χ0v) is 22.3. The molecule has 2 aliphatic carbocycles. The summed E-state index contributed by atoms with van der Waals surface area (Å²) >= 11 is 0. The second-order valence-electron chi connectivity index (χ2n) is 13.0. The smallest absolute Gasteiger partial charge is 0.426 e. The number of halogens is 6. The molecule has 0 heterocycles. The first-order chi connectivity index (χ1) is 15.0. The predicted octanol–water partition coefficient (Wildman–Crippen LogP) is 7.36. The summed E-state index contributed by atoms with van der Waals surface area (Å²) < 4.78 is 83.4. The van der Waals surface area contributed by atoms with Crippen molar-refractivity contribution in [3.05, 3.63) is 0 Å². The molecule has 0 radical (unpaired) electrons. The molecule has 2 rings (SSSR count). The van der Waals surface area contributed by atoms with Crippen LogP contribution in [0.25, 0.3) is 0 Å². The Hall–Kier alpha value is -0.773. The predicted molar refractivity (Wildman–Crippen MR) is 121 cm³/mol. The Bertz CT molecular complexity index is 724. The van der Waals surface area contributed by atoms with E-state index in [1.165, 1.54) is 0 Å². The van der Waals surface area contributed by atoms with Gasteiger partial charge in [-0.05, 0) is 69.6 Å². The monoisotopic (exact) mass is 518 g/mol. The van der Waals surface area contributed by atoms with Crippen molar-refractivity contribution in [2.24, 2.45) is 29.1 Å². The zero-order chi connectivity index (χ0) is 26.5. The Labute approximate surface area is 200 Å². The second kappa shape index (κ2) is 9.27. The molecule has 0 amide bonds. The summed E-state index contributed by atoms with van der Waals surface area (Å²) in [4.78, 5) is 12.6. The Morgan fingerprint density at radius 3 is 1.85 bits per heavy atom. The summed E-state index contributed by atoms with van der Waals surface area (Å²) in [6.45, 7) is 13.8. The molecule has 0 spiro atoms. The van der Waals surface area contributed by atoms with Gasteiger partial charge in [0.25, 0.3) is 5.60 Å². The molecule has 10 heteroatoms. The van der Waals surface area contributed by atoms with Gasteiger partial charge in [-0.15, -0.1) is 0 Å². The van der Waals surface area contributed by atoms with E-state index in [0.717, 1.165) is 25.3 Å². The van der Waals surface area contributed by atoms with Gasteiger partial charge in [-0.2, -0.15) is 26.3 Å². The summed E-state index contributed by atoms with van der Waals surface area (Å²) in [7, 11) is -2.16. The maximum Gasteiger partial charge on any atom is 0.426 e. The molecule has 0 aromatic carbocycles.